The van der Waals surface area contributed by atoms with Crippen molar-refractivity contribution in [2.75, 3.05) is 33.8 Å². The van der Waals surface area contributed by atoms with E-state index in [0.717, 1.165) is 11.1 Å². The number of phenolic OH excluding ortho intramolecular Hbond substituents is 1. The van der Waals surface area contributed by atoms with Gasteiger partial charge in [-0.1, -0.05) is 24.3 Å². The molecule has 34 heavy (non-hydrogen) atoms. The first kappa shape index (κ1) is 24.3. The predicted molar refractivity (Wildman–Crippen MR) is 134 cm³/mol. The van der Waals surface area contributed by atoms with Gasteiger partial charge in [0, 0.05) is 12.1 Å². The molecule has 0 aliphatic heterocycles. The summed E-state index contributed by atoms with van der Waals surface area (Å²) in [5.74, 6) is 2.02. The molecule has 0 aliphatic rings. The number of benzene rings is 3. The summed E-state index contributed by atoms with van der Waals surface area (Å²) in [6, 6.07) is 15.7. The Labute approximate surface area is 198 Å². The summed E-state index contributed by atoms with van der Waals surface area (Å²) in [4.78, 5) is 12.6. The lowest BCUT2D eigenvalue weighted by molar-refractivity contribution is -0.111. The Balaban J connectivity index is 1.87. The van der Waals surface area contributed by atoms with E-state index in [1.807, 2.05) is 36.4 Å². The zero-order chi connectivity index (χ0) is 24.5. The Kier molecular flexibility index (Phi) is 8.18. The Morgan fingerprint density at radius 2 is 1.53 bits per heavy atom. The maximum absolute atomic E-state index is 12.6. The van der Waals surface area contributed by atoms with Gasteiger partial charge in [-0.25, -0.2) is 0 Å². The van der Waals surface area contributed by atoms with Crippen LogP contribution in [0.25, 0.3) is 18.2 Å². The molecular weight excluding hydrogens is 434 g/mol. The molecule has 3 aromatic carbocycles. The maximum atomic E-state index is 12.6. The fraction of sp³-hybridized carbons (Fsp3) is 0.148. The lowest BCUT2D eigenvalue weighted by atomic mass is 10.1. The third-order valence-electron chi connectivity index (χ3n) is 4.96. The highest BCUT2D eigenvalue weighted by atomic mass is 16.5. The molecule has 7 nitrogen and oxygen atoms in total. The number of hydrogen-bond donors (Lipinski definition) is 2. The Morgan fingerprint density at radius 1 is 0.794 bits per heavy atom. The molecule has 176 valence electrons. The SMILES string of the molecule is COc1ccc(C=Cc2cc(OC)c(OC)c(OC)c2)c(NC(=O)/C=C/c2cccc(O)c2)c1. The molecule has 0 aliphatic carbocycles. The van der Waals surface area contributed by atoms with Crippen LogP contribution in [-0.2, 0) is 4.79 Å². The molecule has 7 heteroatoms. The van der Waals surface area contributed by atoms with E-state index in [0.29, 0.717) is 34.2 Å². The van der Waals surface area contributed by atoms with E-state index in [1.54, 1.807) is 64.8 Å². The molecule has 1 amide bonds. The van der Waals surface area contributed by atoms with Crippen molar-refractivity contribution in [3.63, 3.8) is 0 Å². The number of carbonyl (C=O) groups excluding carboxylic acids is 1. The quantitative estimate of drug-likeness (QED) is 0.334. The van der Waals surface area contributed by atoms with Crippen molar-refractivity contribution in [1.82, 2.24) is 0 Å². The molecule has 0 aromatic heterocycles. The standard InChI is InChI=1S/C27H27NO6/c1-31-22-12-11-20(10-8-19-15-24(32-2)27(34-4)25(16-19)33-3)23(17-22)28-26(30)13-9-18-6-5-7-21(29)14-18/h5-17,29H,1-4H3,(H,28,30)/b10-8?,13-9+. The normalized spacial score (nSPS) is 10.9. The second kappa shape index (κ2) is 11.5. The maximum Gasteiger partial charge on any atom is 0.248 e. The fourth-order valence-corrected chi connectivity index (χ4v) is 3.27. The van der Waals surface area contributed by atoms with Crippen molar-refractivity contribution in [3.05, 3.63) is 77.4 Å². The van der Waals surface area contributed by atoms with Crippen molar-refractivity contribution < 1.29 is 28.8 Å². The van der Waals surface area contributed by atoms with Gasteiger partial charge in [-0.15, -0.1) is 0 Å². The molecule has 0 saturated carbocycles. The topological polar surface area (TPSA) is 86.3 Å². The summed E-state index contributed by atoms with van der Waals surface area (Å²) < 4.78 is 21.5. The van der Waals surface area contributed by atoms with Crippen LogP contribution in [0.5, 0.6) is 28.7 Å². The molecule has 3 aromatic rings. The minimum atomic E-state index is -0.320. The average molecular weight is 462 g/mol. The van der Waals surface area contributed by atoms with Crippen LogP contribution in [0.3, 0.4) is 0 Å². The molecule has 3 rings (SSSR count). The zero-order valence-corrected chi connectivity index (χ0v) is 19.5. The number of nitrogens with one attached hydrogen (secondary N) is 1. The van der Waals surface area contributed by atoms with Crippen LogP contribution in [0.4, 0.5) is 5.69 Å². The number of methoxy groups -OCH3 is 4. The van der Waals surface area contributed by atoms with Crippen LogP contribution < -0.4 is 24.3 Å². The second-order valence-corrected chi connectivity index (χ2v) is 7.16. The number of aromatic hydroxyl groups is 1. The zero-order valence-electron chi connectivity index (χ0n) is 19.5. The van der Waals surface area contributed by atoms with Gasteiger partial charge in [0.25, 0.3) is 0 Å². The van der Waals surface area contributed by atoms with Crippen molar-refractivity contribution in [3.8, 4) is 28.7 Å². The van der Waals surface area contributed by atoms with Crippen molar-refractivity contribution in [2.45, 2.75) is 0 Å². The number of amides is 1. The molecule has 0 spiro atoms. The average Bonchev–Trinajstić information content (AvgIpc) is 2.85. The highest BCUT2D eigenvalue weighted by Gasteiger charge is 2.12. The highest BCUT2D eigenvalue weighted by molar-refractivity contribution is 6.03. The monoisotopic (exact) mass is 461 g/mol. The smallest absolute Gasteiger partial charge is 0.248 e. The lowest BCUT2D eigenvalue weighted by Crippen LogP contribution is -2.09. The number of carbonyl (C=O) groups is 1. The van der Waals surface area contributed by atoms with E-state index in [4.69, 9.17) is 18.9 Å². The molecular formula is C27H27NO6. The van der Waals surface area contributed by atoms with Crippen LogP contribution >= 0.6 is 0 Å². The number of rotatable bonds is 9. The molecule has 2 N–H and O–H groups in total. The largest absolute Gasteiger partial charge is 0.508 e. The van der Waals surface area contributed by atoms with Crippen LogP contribution in [0.15, 0.2) is 60.7 Å². The lowest BCUT2D eigenvalue weighted by Gasteiger charge is -2.13. The van der Waals surface area contributed by atoms with Gasteiger partial charge < -0.3 is 29.4 Å². The Morgan fingerprint density at radius 3 is 2.15 bits per heavy atom. The minimum Gasteiger partial charge on any atom is -0.508 e. The number of anilines is 1. The third-order valence-corrected chi connectivity index (χ3v) is 4.96. The number of phenols is 1. The molecule has 0 atom stereocenters. The summed E-state index contributed by atoms with van der Waals surface area (Å²) in [6.45, 7) is 0. The molecule has 0 bridgehead atoms. The molecule has 0 fully saturated rings. The van der Waals surface area contributed by atoms with E-state index < -0.39 is 0 Å². The predicted octanol–water partition coefficient (Wildman–Crippen LogP) is 5.25. The van der Waals surface area contributed by atoms with Crippen LogP contribution in [0, 0.1) is 0 Å². The molecule has 0 saturated heterocycles. The van der Waals surface area contributed by atoms with Gasteiger partial charge in [-0.3, -0.25) is 4.79 Å². The van der Waals surface area contributed by atoms with Crippen LogP contribution in [0.2, 0.25) is 0 Å². The van der Waals surface area contributed by atoms with Crippen molar-refractivity contribution in [1.29, 1.82) is 0 Å². The number of hydrogen-bond acceptors (Lipinski definition) is 6. The fourth-order valence-electron chi connectivity index (χ4n) is 3.27. The van der Waals surface area contributed by atoms with Gasteiger partial charge in [0.05, 0.1) is 34.1 Å². The minimum absolute atomic E-state index is 0.134. The van der Waals surface area contributed by atoms with Crippen LogP contribution in [0.1, 0.15) is 16.7 Å². The van der Waals surface area contributed by atoms with Gasteiger partial charge in [0.1, 0.15) is 11.5 Å². The summed E-state index contributed by atoms with van der Waals surface area (Å²) in [6.07, 6.45) is 6.78. The van der Waals surface area contributed by atoms with E-state index in [2.05, 4.69) is 5.32 Å². The first-order chi connectivity index (χ1) is 16.5. The van der Waals surface area contributed by atoms with E-state index in [-0.39, 0.29) is 11.7 Å². The van der Waals surface area contributed by atoms with E-state index in [9.17, 15) is 9.90 Å². The Hall–Kier alpha value is -4.39. The van der Waals surface area contributed by atoms with Crippen molar-refractivity contribution >= 4 is 29.8 Å². The van der Waals surface area contributed by atoms with E-state index >= 15 is 0 Å². The van der Waals surface area contributed by atoms with Gasteiger partial charge in [0.2, 0.25) is 11.7 Å². The van der Waals surface area contributed by atoms with E-state index in [1.165, 1.54) is 6.08 Å². The van der Waals surface area contributed by atoms with Gasteiger partial charge in [0.15, 0.2) is 11.5 Å². The molecule has 0 heterocycles. The third kappa shape index (κ3) is 6.10. The summed E-state index contributed by atoms with van der Waals surface area (Å²) in [5, 5.41) is 12.5. The first-order valence-corrected chi connectivity index (χ1v) is 10.4. The first-order valence-electron chi connectivity index (χ1n) is 10.4. The van der Waals surface area contributed by atoms with Gasteiger partial charge >= 0.3 is 0 Å². The van der Waals surface area contributed by atoms with Gasteiger partial charge in [-0.05, 0) is 59.2 Å². The second-order valence-electron chi connectivity index (χ2n) is 7.16. The highest BCUT2D eigenvalue weighted by Crippen LogP contribution is 2.38. The van der Waals surface area contributed by atoms with Crippen molar-refractivity contribution in [2.24, 2.45) is 0 Å². The summed E-state index contributed by atoms with van der Waals surface area (Å²) in [5.41, 5.74) is 2.89. The van der Waals surface area contributed by atoms with Gasteiger partial charge in [-0.2, -0.15) is 0 Å². The number of ether oxygens (including phenoxy) is 4. The molecule has 0 radical (unpaired) electrons. The van der Waals surface area contributed by atoms with Crippen LogP contribution in [-0.4, -0.2) is 39.5 Å². The Bertz CT molecular complexity index is 1190. The summed E-state index contributed by atoms with van der Waals surface area (Å²) >= 11 is 0. The molecule has 0 unspecified atom stereocenters. The summed E-state index contributed by atoms with van der Waals surface area (Å²) in [7, 11) is 6.24.